The molecule has 0 aliphatic carbocycles. The van der Waals surface area contributed by atoms with Gasteiger partial charge in [-0.25, -0.2) is 19.3 Å². The molecule has 198 valence electrons. The number of nitrogens with one attached hydrogen (secondary N) is 1. The van der Waals surface area contributed by atoms with Crippen LogP contribution in [-0.2, 0) is 17.9 Å². The second-order valence-electron chi connectivity index (χ2n) is 9.73. The van der Waals surface area contributed by atoms with E-state index < -0.39 is 0 Å². The minimum Gasteiger partial charge on any atom is -0.330 e. The maximum atomic E-state index is 13.7. The van der Waals surface area contributed by atoms with Crippen LogP contribution in [0, 0.1) is 5.82 Å². The monoisotopic (exact) mass is 543 g/mol. The molecule has 1 N–H and O–H groups in total. The molecular formula is C28H26FN7O2S. The van der Waals surface area contributed by atoms with Crippen LogP contribution >= 0.6 is 11.3 Å². The van der Waals surface area contributed by atoms with E-state index >= 15 is 0 Å². The van der Waals surface area contributed by atoms with Crippen molar-refractivity contribution in [1.29, 1.82) is 0 Å². The molecule has 5 heterocycles. The molecule has 1 aromatic carbocycles. The Morgan fingerprint density at radius 1 is 1.13 bits per heavy atom. The van der Waals surface area contributed by atoms with Gasteiger partial charge in [0.15, 0.2) is 0 Å². The van der Waals surface area contributed by atoms with Gasteiger partial charge in [0.05, 0.1) is 12.2 Å². The van der Waals surface area contributed by atoms with E-state index in [1.165, 1.54) is 29.5 Å². The summed E-state index contributed by atoms with van der Waals surface area (Å²) in [6.07, 6.45) is 3.11. The van der Waals surface area contributed by atoms with E-state index in [4.69, 9.17) is 4.98 Å². The zero-order valence-electron chi connectivity index (χ0n) is 21.3. The van der Waals surface area contributed by atoms with Crippen molar-refractivity contribution < 1.29 is 14.0 Å². The summed E-state index contributed by atoms with van der Waals surface area (Å²) in [4.78, 5) is 43.1. The summed E-state index contributed by atoms with van der Waals surface area (Å²) >= 11 is 1.33. The Balaban J connectivity index is 1.28. The largest absolute Gasteiger partial charge is 0.330 e. The van der Waals surface area contributed by atoms with Crippen molar-refractivity contribution in [3.63, 3.8) is 0 Å². The molecule has 1 fully saturated rings. The fraction of sp³-hybridized carbons (Fsp3) is 0.250. The van der Waals surface area contributed by atoms with Crippen molar-refractivity contribution in [2.75, 3.05) is 32.0 Å². The van der Waals surface area contributed by atoms with Crippen molar-refractivity contribution in [3.8, 4) is 22.0 Å². The molecular weight excluding hydrogens is 517 g/mol. The predicted molar refractivity (Wildman–Crippen MR) is 147 cm³/mol. The smallest absolute Gasteiger partial charge is 0.276 e. The van der Waals surface area contributed by atoms with Crippen LogP contribution in [0.25, 0.3) is 22.0 Å². The van der Waals surface area contributed by atoms with Gasteiger partial charge in [-0.1, -0.05) is 12.6 Å². The van der Waals surface area contributed by atoms with Gasteiger partial charge < -0.3 is 19.7 Å². The molecule has 9 nitrogen and oxygen atoms in total. The minimum absolute atomic E-state index is 0.163. The van der Waals surface area contributed by atoms with E-state index in [2.05, 4.69) is 33.8 Å². The second kappa shape index (κ2) is 10.2. The number of nitrogens with zero attached hydrogens (tertiary/aromatic N) is 6. The first-order valence-electron chi connectivity index (χ1n) is 12.6. The van der Waals surface area contributed by atoms with E-state index in [0.717, 1.165) is 29.9 Å². The van der Waals surface area contributed by atoms with E-state index in [0.29, 0.717) is 47.9 Å². The lowest BCUT2D eigenvalue weighted by molar-refractivity contribution is -0.127. The third kappa shape index (κ3) is 4.86. The van der Waals surface area contributed by atoms with Gasteiger partial charge in [-0.15, -0.1) is 11.3 Å². The molecule has 2 aliphatic heterocycles. The summed E-state index contributed by atoms with van der Waals surface area (Å²) in [5, 5.41) is 5.15. The average Bonchev–Trinajstić information content (AvgIpc) is 3.56. The number of benzene rings is 1. The number of imidazole rings is 1. The number of fused-ring (bicyclic) bond motifs is 1. The number of likely N-dealkylation sites (N-methyl/N-ethyl adjacent to an activating group) is 1. The zero-order valence-corrected chi connectivity index (χ0v) is 22.1. The Bertz CT molecular complexity index is 1560. The maximum Gasteiger partial charge on any atom is 0.276 e. The first kappa shape index (κ1) is 25.1. The molecule has 0 spiro atoms. The summed E-state index contributed by atoms with van der Waals surface area (Å²) in [6, 6.07) is 9.91. The van der Waals surface area contributed by atoms with Gasteiger partial charge in [-0.3, -0.25) is 9.59 Å². The summed E-state index contributed by atoms with van der Waals surface area (Å²) in [5.74, 6) is 0.768. The van der Waals surface area contributed by atoms with Gasteiger partial charge in [0, 0.05) is 49.2 Å². The van der Waals surface area contributed by atoms with Crippen LogP contribution in [0.15, 0.2) is 60.6 Å². The molecule has 11 heteroatoms. The van der Waals surface area contributed by atoms with Crippen molar-refractivity contribution >= 4 is 29.0 Å². The lowest BCUT2D eigenvalue weighted by Crippen LogP contribution is -2.41. The molecule has 0 unspecified atom stereocenters. The number of halogens is 1. The van der Waals surface area contributed by atoms with Crippen molar-refractivity contribution in [2.24, 2.45) is 0 Å². The second-order valence-corrected chi connectivity index (χ2v) is 10.6. The normalized spacial score (nSPS) is 15.5. The molecule has 2 amide bonds. The summed E-state index contributed by atoms with van der Waals surface area (Å²) in [5.41, 5.74) is 3.51. The van der Waals surface area contributed by atoms with Gasteiger partial charge >= 0.3 is 0 Å². The average molecular weight is 544 g/mol. The van der Waals surface area contributed by atoms with Crippen LogP contribution < -0.4 is 5.32 Å². The molecule has 3 aromatic heterocycles. The van der Waals surface area contributed by atoms with Gasteiger partial charge in [-0.2, -0.15) is 0 Å². The number of likely N-dealkylation sites (tertiary alicyclic amines) is 1. The van der Waals surface area contributed by atoms with E-state index in [-0.39, 0.29) is 23.3 Å². The first-order chi connectivity index (χ1) is 18.9. The zero-order chi connectivity index (χ0) is 27.1. The number of rotatable bonds is 6. The summed E-state index contributed by atoms with van der Waals surface area (Å²) in [7, 11) is 2.08. The minimum atomic E-state index is -0.356. The highest BCUT2D eigenvalue weighted by molar-refractivity contribution is 7.13. The van der Waals surface area contributed by atoms with E-state index in [1.54, 1.807) is 22.4 Å². The molecule has 1 saturated heterocycles. The number of hydrogen-bond donors (Lipinski definition) is 1. The van der Waals surface area contributed by atoms with Crippen LogP contribution in [-0.4, -0.2) is 67.8 Å². The number of aromatic nitrogens is 4. The Hall–Kier alpha value is -4.22. The van der Waals surface area contributed by atoms with Crippen LogP contribution in [0.3, 0.4) is 0 Å². The number of hydrogen-bond acceptors (Lipinski definition) is 7. The summed E-state index contributed by atoms with van der Waals surface area (Å²) < 4.78 is 15.7. The molecule has 0 radical (unpaired) electrons. The highest BCUT2D eigenvalue weighted by atomic mass is 32.1. The lowest BCUT2D eigenvalue weighted by atomic mass is 9.93. The van der Waals surface area contributed by atoms with Gasteiger partial charge in [-0.05, 0) is 49.0 Å². The van der Waals surface area contributed by atoms with E-state index in [1.807, 2.05) is 22.9 Å². The Kier molecular flexibility index (Phi) is 6.53. The topological polar surface area (TPSA) is 96.2 Å². The molecule has 4 aromatic rings. The van der Waals surface area contributed by atoms with Crippen LogP contribution in [0.4, 0.5) is 10.2 Å². The van der Waals surface area contributed by atoms with Crippen LogP contribution in [0.2, 0.25) is 0 Å². The highest BCUT2D eigenvalue weighted by Gasteiger charge is 2.29. The number of anilines is 1. The Labute approximate surface area is 228 Å². The van der Waals surface area contributed by atoms with Crippen LogP contribution in [0.5, 0.6) is 0 Å². The Morgan fingerprint density at radius 3 is 2.62 bits per heavy atom. The van der Waals surface area contributed by atoms with Crippen molar-refractivity contribution in [3.05, 3.63) is 83.5 Å². The molecule has 39 heavy (non-hydrogen) atoms. The Morgan fingerprint density at radius 2 is 1.92 bits per heavy atom. The lowest BCUT2D eigenvalue weighted by Gasteiger charge is -2.36. The van der Waals surface area contributed by atoms with Crippen LogP contribution in [0.1, 0.15) is 27.8 Å². The van der Waals surface area contributed by atoms with E-state index in [9.17, 15) is 14.0 Å². The fourth-order valence-corrected chi connectivity index (χ4v) is 5.82. The number of amides is 2. The number of carbonyl (C=O) groups excluding carboxylic acids is 2. The molecule has 6 rings (SSSR count). The highest BCUT2D eigenvalue weighted by Crippen LogP contribution is 2.36. The summed E-state index contributed by atoms with van der Waals surface area (Å²) in [6.45, 7) is 6.91. The number of thiazole rings is 1. The molecule has 0 bridgehead atoms. The van der Waals surface area contributed by atoms with Gasteiger partial charge in [0.2, 0.25) is 5.91 Å². The third-order valence-corrected chi connectivity index (χ3v) is 7.93. The van der Waals surface area contributed by atoms with Crippen molar-refractivity contribution in [1.82, 2.24) is 29.3 Å². The molecule has 2 aliphatic rings. The van der Waals surface area contributed by atoms with Crippen molar-refractivity contribution in [2.45, 2.75) is 19.0 Å². The first-order valence-corrected chi connectivity index (χ1v) is 13.5. The third-order valence-electron chi connectivity index (χ3n) is 7.08. The maximum absolute atomic E-state index is 13.7. The quantitative estimate of drug-likeness (QED) is 0.369. The fourth-order valence-electron chi connectivity index (χ4n) is 4.97. The molecule has 0 saturated carbocycles. The van der Waals surface area contributed by atoms with Gasteiger partial charge in [0.1, 0.15) is 33.9 Å². The number of pyridine rings is 1. The molecule has 0 atom stereocenters. The number of carbonyl (C=O) groups is 2. The predicted octanol–water partition coefficient (Wildman–Crippen LogP) is 4.02. The SMILES string of the molecule is C=CC(=O)N1CCn2c(nc(-c3ccc(F)cc3)c2-c2nc(C(=O)Nc3ccc(C4CN(C)C4)cn3)cs2)C1. The standard InChI is InChI=1S/C28H26FN7O2S/c1-3-24(37)35-10-11-36-23(15-35)33-25(17-4-7-20(29)8-5-17)26(36)28-31-21(16-39-28)27(38)32-22-9-6-18(12-30-22)19-13-34(2)14-19/h3-9,12,16,19H,1,10-11,13-15H2,2H3,(H,30,32,38). The van der Waals surface area contributed by atoms with Gasteiger partial charge in [0.25, 0.3) is 5.91 Å².